The van der Waals surface area contributed by atoms with Crippen molar-refractivity contribution >= 4 is 40.2 Å². The van der Waals surface area contributed by atoms with E-state index in [-0.39, 0.29) is 6.04 Å². The van der Waals surface area contributed by atoms with Gasteiger partial charge in [0.05, 0.1) is 6.04 Å². The van der Waals surface area contributed by atoms with Crippen LogP contribution >= 0.6 is 34.5 Å². The molecule has 0 spiro atoms. The minimum absolute atomic E-state index is 0.254. The number of halogens is 2. The number of benzene rings is 1. The van der Waals surface area contributed by atoms with Crippen molar-refractivity contribution in [2.45, 2.75) is 26.3 Å². The summed E-state index contributed by atoms with van der Waals surface area (Å²) < 4.78 is 0. The van der Waals surface area contributed by atoms with Gasteiger partial charge in [-0.15, -0.1) is 11.3 Å². The molecule has 96 valence electrons. The van der Waals surface area contributed by atoms with E-state index in [1.165, 1.54) is 9.75 Å². The summed E-state index contributed by atoms with van der Waals surface area (Å²) in [5.41, 5.74) is 0.950. The summed E-state index contributed by atoms with van der Waals surface area (Å²) in [5, 5.41) is 4.72. The maximum atomic E-state index is 5.98. The van der Waals surface area contributed by atoms with Crippen molar-refractivity contribution in [3.63, 3.8) is 0 Å². The average molecular weight is 300 g/mol. The van der Waals surface area contributed by atoms with E-state index in [1.807, 2.05) is 23.5 Å². The van der Waals surface area contributed by atoms with Gasteiger partial charge in [0.2, 0.25) is 0 Å². The minimum Gasteiger partial charge on any atom is -0.378 e. The fourth-order valence-electron chi connectivity index (χ4n) is 1.78. The molecule has 4 heteroatoms. The Balaban J connectivity index is 2.12. The largest absolute Gasteiger partial charge is 0.378 e. The second kappa shape index (κ2) is 5.96. The van der Waals surface area contributed by atoms with Gasteiger partial charge < -0.3 is 5.32 Å². The van der Waals surface area contributed by atoms with Gasteiger partial charge in [-0.25, -0.2) is 0 Å². The van der Waals surface area contributed by atoms with Gasteiger partial charge in [0, 0.05) is 25.5 Å². The monoisotopic (exact) mass is 299 g/mol. The SMILES string of the molecule is CCc1ccc(C(C)Nc2cc(Cl)cc(Cl)c2)s1. The zero-order valence-electron chi connectivity index (χ0n) is 10.3. The highest BCUT2D eigenvalue weighted by molar-refractivity contribution is 7.12. The molecule has 0 amide bonds. The van der Waals surface area contributed by atoms with Crippen LogP contribution in [-0.4, -0.2) is 0 Å². The Morgan fingerprint density at radius 3 is 2.39 bits per heavy atom. The molecule has 1 nitrogen and oxygen atoms in total. The first kappa shape index (κ1) is 13.7. The highest BCUT2D eigenvalue weighted by Crippen LogP contribution is 2.29. The highest BCUT2D eigenvalue weighted by Gasteiger charge is 2.09. The molecule has 1 heterocycles. The van der Waals surface area contributed by atoms with Crippen LogP contribution in [0.4, 0.5) is 5.69 Å². The Kier molecular flexibility index (Phi) is 4.55. The maximum absolute atomic E-state index is 5.98. The molecule has 1 N–H and O–H groups in total. The lowest BCUT2D eigenvalue weighted by molar-refractivity contribution is 0.908. The third-order valence-corrected chi connectivity index (χ3v) is 4.55. The molecule has 0 aliphatic heterocycles. The number of aryl methyl sites for hydroxylation is 1. The summed E-state index contributed by atoms with van der Waals surface area (Å²) in [4.78, 5) is 2.73. The molecule has 2 aromatic rings. The van der Waals surface area contributed by atoms with Crippen LogP contribution in [0.5, 0.6) is 0 Å². The third kappa shape index (κ3) is 3.41. The van der Waals surface area contributed by atoms with Crippen LogP contribution in [0, 0.1) is 0 Å². The van der Waals surface area contributed by atoms with E-state index in [0.29, 0.717) is 10.0 Å². The van der Waals surface area contributed by atoms with Crippen molar-refractivity contribution in [2.24, 2.45) is 0 Å². The number of nitrogens with one attached hydrogen (secondary N) is 1. The van der Waals surface area contributed by atoms with Crippen LogP contribution < -0.4 is 5.32 Å². The van der Waals surface area contributed by atoms with Gasteiger partial charge in [-0.3, -0.25) is 0 Å². The van der Waals surface area contributed by atoms with E-state index in [0.717, 1.165) is 12.1 Å². The van der Waals surface area contributed by atoms with Gasteiger partial charge in [-0.1, -0.05) is 30.1 Å². The van der Waals surface area contributed by atoms with Gasteiger partial charge in [-0.2, -0.15) is 0 Å². The second-order valence-electron chi connectivity index (χ2n) is 4.18. The van der Waals surface area contributed by atoms with Gasteiger partial charge in [0.1, 0.15) is 0 Å². The van der Waals surface area contributed by atoms with Crippen LogP contribution in [0.15, 0.2) is 30.3 Å². The smallest absolute Gasteiger partial charge is 0.0578 e. The molecule has 0 aliphatic carbocycles. The molecule has 0 aliphatic rings. The maximum Gasteiger partial charge on any atom is 0.0578 e. The zero-order valence-corrected chi connectivity index (χ0v) is 12.7. The van der Waals surface area contributed by atoms with Crippen LogP contribution in [0.2, 0.25) is 10.0 Å². The molecular weight excluding hydrogens is 285 g/mol. The van der Waals surface area contributed by atoms with Crippen molar-refractivity contribution in [3.8, 4) is 0 Å². The van der Waals surface area contributed by atoms with Gasteiger partial charge >= 0.3 is 0 Å². The summed E-state index contributed by atoms with van der Waals surface area (Å²) in [6, 6.07) is 10.1. The lowest BCUT2D eigenvalue weighted by Gasteiger charge is -2.14. The van der Waals surface area contributed by atoms with E-state index < -0.39 is 0 Å². The number of thiophene rings is 1. The molecule has 0 bridgehead atoms. The molecular formula is C14H15Cl2NS. The zero-order chi connectivity index (χ0) is 13.1. The molecule has 1 aromatic heterocycles. The highest BCUT2D eigenvalue weighted by atomic mass is 35.5. The summed E-state index contributed by atoms with van der Waals surface area (Å²) >= 11 is 13.8. The molecule has 0 fully saturated rings. The number of anilines is 1. The lowest BCUT2D eigenvalue weighted by Crippen LogP contribution is -2.04. The number of rotatable bonds is 4. The fraction of sp³-hybridized carbons (Fsp3) is 0.286. The Hall–Kier alpha value is -0.700. The number of hydrogen-bond acceptors (Lipinski definition) is 2. The van der Waals surface area contributed by atoms with Crippen LogP contribution in [0.3, 0.4) is 0 Å². The first-order chi connectivity index (χ1) is 8.58. The van der Waals surface area contributed by atoms with Crippen molar-refractivity contribution in [1.82, 2.24) is 0 Å². The Morgan fingerprint density at radius 2 is 1.83 bits per heavy atom. The predicted molar refractivity (Wildman–Crippen MR) is 82.2 cm³/mol. The first-order valence-corrected chi connectivity index (χ1v) is 7.47. The van der Waals surface area contributed by atoms with Gasteiger partial charge in [-0.05, 0) is 43.7 Å². The summed E-state index contributed by atoms with van der Waals surface area (Å²) in [7, 11) is 0. The quantitative estimate of drug-likeness (QED) is 0.753. The van der Waals surface area contributed by atoms with Crippen LogP contribution in [0.25, 0.3) is 0 Å². The first-order valence-electron chi connectivity index (χ1n) is 5.89. The topological polar surface area (TPSA) is 12.0 Å². The Labute approximate surface area is 122 Å². The van der Waals surface area contributed by atoms with Crippen LogP contribution in [-0.2, 0) is 6.42 Å². The second-order valence-corrected chi connectivity index (χ2v) is 6.25. The fourth-order valence-corrected chi connectivity index (χ4v) is 3.26. The molecule has 1 unspecified atom stereocenters. The summed E-state index contributed by atoms with van der Waals surface area (Å²) in [6.45, 7) is 4.31. The van der Waals surface area contributed by atoms with Gasteiger partial charge in [0.25, 0.3) is 0 Å². The van der Waals surface area contributed by atoms with Crippen molar-refractivity contribution in [2.75, 3.05) is 5.32 Å². The predicted octanol–water partition coefficient (Wildman–Crippen LogP) is 5.79. The molecule has 2 rings (SSSR count). The molecule has 1 aromatic carbocycles. The standard InChI is InChI=1S/C14H15Cl2NS/c1-3-13-4-5-14(18-13)9(2)17-12-7-10(15)6-11(16)8-12/h4-9,17H,3H2,1-2H3. The normalized spacial score (nSPS) is 12.4. The molecule has 18 heavy (non-hydrogen) atoms. The van der Waals surface area contributed by atoms with E-state index in [9.17, 15) is 0 Å². The van der Waals surface area contributed by atoms with E-state index >= 15 is 0 Å². The Morgan fingerprint density at radius 1 is 1.17 bits per heavy atom. The van der Waals surface area contributed by atoms with Crippen molar-refractivity contribution in [3.05, 3.63) is 50.1 Å². The minimum atomic E-state index is 0.254. The molecule has 0 saturated carbocycles. The molecule has 0 radical (unpaired) electrons. The van der Waals surface area contributed by atoms with E-state index in [4.69, 9.17) is 23.2 Å². The van der Waals surface area contributed by atoms with Crippen LogP contribution in [0.1, 0.15) is 29.6 Å². The average Bonchev–Trinajstić information content (AvgIpc) is 2.75. The third-order valence-electron chi connectivity index (χ3n) is 2.70. The van der Waals surface area contributed by atoms with Crippen molar-refractivity contribution in [1.29, 1.82) is 0 Å². The molecule has 1 atom stereocenters. The number of hydrogen-bond donors (Lipinski definition) is 1. The Bertz CT molecular complexity index is 516. The van der Waals surface area contributed by atoms with Crippen molar-refractivity contribution < 1.29 is 0 Å². The molecule has 0 saturated heterocycles. The van der Waals surface area contributed by atoms with E-state index in [1.54, 1.807) is 6.07 Å². The lowest BCUT2D eigenvalue weighted by atomic mass is 10.2. The summed E-state index contributed by atoms with van der Waals surface area (Å²) in [6.07, 6.45) is 1.08. The van der Waals surface area contributed by atoms with Gasteiger partial charge in [0.15, 0.2) is 0 Å². The van der Waals surface area contributed by atoms with E-state index in [2.05, 4.69) is 31.3 Å². The summed E-state index contributed by atoms with van der Waals surface area (Å²) in [5.74, 6) is 0.